The molecule has 128 valence electrons. The number of carbonyl (C=O) groups excluding carboxylic acids is 2. The third kappa shape index (κ3) is 2.33. The number of thiophene rings is 1. The molecule has 1 aromatic heterocycles. The van der Waals surface area contributed by atoms with E-state index in [1.54, 1.807) is 11.3 Å². The van der Waals surface area contributed by atoms with Gasteiger partial charge >= 0.3 is 0 Å². The summed E-state index contributed by atoms with van der Waals surface area (Å²) in [5.41, 5.74) is 0.206. The molecule has 5 rings (SSSR count). The summed E-state index contributed by atoms with van der Waals surface area (Å²) >= 11 is 1.65. The maximum absolute atomic E-state index is 12.6. The number of fused-ring (bicyclic) bond motifs is 3. The van der Waals surface area contributed by atoms with Crippen LogP contribution in [0, 0.1) is 17.8 Å². The lowest BCUT2D eigenvalue weighted by molar-refractivity contribution is -0.124. The number of nitrogens with one attached hydrogen (secondary N) is 1. The van der Waals surface area contributed by atoms with Crippen molar-refractivity contribution < 1.29 is 14.3 Å². The number of carbonyl (C=O) groups is 2. The van der Waals surface area contributed by atoms with Gasteiger partial charge in [-0.3, -0.25) is 9.59 Å². The molecule has 0 radical (unpaired) electrons. The van der Waals surface area contributed by atoms with E-state index in [-0.39, 0.29) is 23.5 Å². The Hall–Kier alpha value is -2.14. The summed E-state index contributed by atoms with van der Waals surface area (Å²) in [5.74, 6) is 1.47. The van der Waals surface area contributed by atoms with E-state index >= 15 is 0 Å². The molecule has 1 aromatic carbocycles. The molecule has 0 bridgehead atoms. The van der Waals surface area contributed by atoms with E-state index in [2.05, 4.69) is 5.32 Å². The first kappa shape index (κ1) is 15.1. The van der Waals surface area contributed by atoms with Crippen LogP contribution in [-0.4, -0.2) is 17.3 Å². The molecule has 2 fully saturated rings. The molecule has 1 aliphatic heterocycles. The monoisotopic (exact) mass is 353 g/mol. The second-order valence-electron chi connectivity index (χ2n) is 7.31. The summed E-state index contributed by atoms with van der Waals surface area (Å²) in [7, 11) is 0. The van der Waals surface area contributed by atoms with Crippen molar-refractivity contribution in [2.24, 2.45) is 17.8 Å². The van der Waals surface area contributed by atoms with Crippen LogP contribution in [0.25, 0.3) is 0 Å². The Morgan fingerprint density at radius 1 is 1.28 bits per heavy atom. The molecular formula is C20H19NO3S. The molecule has 1 spiro atoms. The predicted octanol–water partition coefficient (Wildman–Crippen LogP) is 3.42. The fraction of sp³-hybridized carbons (Fsp3) is 0.400. The maximum atomic E-state index is 12.6. The van der Waals surface area contributed by atoms with Crippen LogP contribution in [0.4, 0.5) is 0 Å². The van der Waals surface area contributed by atoms with Crippen molar-refractivity contribution in [2.45, 2.75) is 31.4 Å². The molecule has 1 amide bonds. The molecule has 2 aliphatic carbocycles. The fourth-order valence-electron chi connectivity index (χ4n) is 4.82. The van der Waals surface area contributed by atoms with Crippen LogP contribution in [0.5, 0.6) is 5.75 Å². The number of Topliss-reactive ketones (excluding diaryl/α,β-unsaturated/α-hetero) is 1. The predicted molar refractivity (Wildman–Crippen MR) is 94.6 cm³/mol. The Balaban J connectivity index is 1.33. The molecule has 2 saturated carbocycles. The third-order valence-electron chi connectivity index (χ3n) is 5.96. The van der Waals surface area contributed by atoms with Crippen LogP contribution in [0.2, 0.25) is 0 Å². The molecule has 25 heavy (non-hydrogen) atoms. The molecule has 0 unspecified atom stereocenters. The van der Waals surface area contributed by atoms with Crippen LogP contribution in [0.3, 0.4) is 0 Å². The van der Waals surface area contributed by atoms with Crippen molar-refractivity contribution in [1.29, 1.82) is 0 Å². The largest absolute Gasteiger partial charge is 0.486 e. The number of para-hydroxylation sites is 1. The van der Waals surface area contributed by atoms with Crippen molar-refractivity contribution in [1.82, 2.24) is 5.32 Å². The normalized spacial score (nSPS) is 32.0. The summed E-state index contributed by atoms with van der Waals surface area (Å²) in [6.45, 7) is 0.585. The summed E-state index contributed by atoms with van der Waals surface area (Å²) in [5, 5.41) is 5.07. The van der Waals surface area contributed by atoms with Crippen LogP contribution >= 0.6 is 11.3 Å². The SMILES string of the molecule is O=C1C[C@]2(CC[C@@H]3[C@@H](C(=O)NCc4cccs4)[C@@H]32)Oc2ccccc21. The number of hydrogen-bond acceptors (Lipinski definition) is 4. The highest BCUT2D eigenvalue weighted by Gasteiger charge is 2.70. The van der Waals surface area contributed by atoms with E-state index in [0.717, 1.165) is 17.7 Å². The smallest absolute Gasteiger partial charge is 0.224 e. The van der Waals surface area contributed by atoms with E-state index in [1.807, 2.05) is 41.8 Å². The van der Waals surface area contributed by atoms with Gasteiger partial charge in [0.1, 0.15) is 11.4 Å². The van der Waals surface area contributed by atoms with E-state index < -0.39 is 5.60 Å². The van der Waals surface area contributed by atoms with Crippen molar-refractivity contribution in [3.8, 4) is 5.75 Å². The van der Waals surface area contributed by atoms with Crippen molar-refractivity contribution >= 4 is 23.0 Å². The van der Waals surface area contributed by atoms with Gasteiger partial charge < -0.3 is 10.1 Å². The average Bonchev–Trinajstić information content (AvgIpc) is 2.94. The Morgan fingerprint density at radius 3 is 3.00 bits per heavy atom. The van der Waals surface area contributed by atoms with Crippen molar-refractivity contribution in [3.05, 3.63) is 52.2 Å². The number of ketones is 1. The van der Waals surface area contributed by atoms with Gasteiger partial charge in [0.05, 0.1) is 18.5 Å². The third-order valence-corrected chi connectivity index (χ3v) is 6.83. The fourth-order valence-corrected chi connectivity index (χ4v) is 5.47. The first-order valence-corrected chi connectivity index (χ1v) is 9.67. The minimum atomic E-state index is -0.471. The quantitative estimate of drug-likeness (QED) is 0.920. The Bertz CT molecular complexity index is 846. The average molecular weight is 353 g/mol. The van der Waals surface area contributed by atoms with E-state index in [0.29, 0.717) is 30.2 Å². The molecule has 1 N–H and O–H groups in total. The van der Waals surface area contributed by atoms with Crippen molar-refractivity contribution in [3.63, 3.8) is 0 Å². The molecule has 5 heteroatoms. The number of rotatable bonds is 3. The van der Waals surface area contributed by atoms with Crippen LogP contribution in [0.1, 0.15) is 34.5 Å². The Morgan fingerprint density at radius 2 is 2.16 bits per heavy atom. The summed E-state index contributed by atoms with van der Waals surface area (Å²) in [6, 6.07) is 11.5. The number of hydrogen-bond donors (Lipinski definition) is 1. The van der Waals surface area contributed by atoms with Gasteiger partial charge in [-0.2, -0.15) is 0 Å². The van der Waals surface area contributed by atoms with Gasteiger partial charge in [0.15, 0.2) is 5.78 Å². The van der Waals surface area contributed by atoms with Gasteiger partial charge in [-0.15, -0.1) is 11.3 Å². The highest BCUT2D eigenvalue weighted by Crippen LogP contribution is 2.65. The topological polar surface area (TPSA) is 55.4 Å². The van der Waals surface area contributed by atoms with Crippen LogP contribution < -0.4 is 10.1 Å². The molecule has 0 saturated heterocycles. The number of benzene rings is 1. The zero-order chi connectivity index (χ0) is 17.0. The highest BCUT2D eigenvalue weighted by molar-refractivity contribution is 7.09. The van der Waals surface area contributed by atoms with Gasteiger partial charge in [0, 0.05) is 16.7 Å². The van der Waals surface area contributed by atoms with Gasteiger partial charge in [0.2, 0.25) is 5.91 Å². The number of ether oxygens (including phenoxy) is 1. The lowest BCUT2D eigenvalue weighted by Crippen LogP contribution is -2.44. The van der Waals surface area contributed by atoms with Gasteiger partial charge in [0.25, 0.3) is 0 Å². The Kier molecular flexibility index (Phi) is 3.29. The minimum Gasteiger partial charge on any atom is -0.486 e. The van der Waals surface area contributed by atoms with E-state index in [4.69, 9.17) is 4.74 Å². The van der Waals surface area contributed by atoms with E-state index in [9.17, 15) is 9.59 Å². The minimum absolute atomic E-state index is 0.00762. The number of amides is 1. The first-order valence-electron chi connectivity index (χ1n) is 8.79. The molecule has 4 atom stereocenters. The van der Waals surface area contributed by atoms with Gasteiger partial charge in [-0.05, 0) is 42.3 Å². The summed E-state index contributed by atoms with van der Waals surface area (Å²) in [4.78, 5) is 26.4. The molecular weight excluding hydrogens is 334 g/mol. The first-order chi connectivity index (χ1) is 12.2. The zero-order valence-corrected chi connectivity index (χ0v) is 14.6. The second kappa shape index (κ2) is 5.43. The lowest BCUT2D eigenvalue weighted by atomic mass is 9.84. The summed E-state index contributed by atoms with van der Waals surface area (Å²) in [6.07, 6.45) is 2.24. The maximum Gasteiger partial charge on any atom is 0.224 e. The molecule has 4 nitrogen and oxygen atoms in total. The second-order valence-corrected chi connectivity index (χ2v) is 8.35. The molecule has 3 aliphatic rings. The molecule has 2 aromatic rings. The summed E-state index contributed by atoms with van der Waals surface area (Å²) < 4.78 is 6.34. The Labute approximate surface area is 150 Å². The van der Waals surface area contributed by atoms with Crippen molar-refractivity contribution in [2.75, 3.05) is 0 Å². The van der Waals surface area contributed by atoms with Crippen LogP contribution in [-0.2, 0) is 11.3 Å². The van der Waals surface area contributed by atoms with Gasteiger partial charge in [-0.1, -0.05) is 18.2 Å². The van der Waals surface area contributed by atoms with E-state index in [1.165, 1.54) is 0 Å². The highest BCUT2D eigenvalue weighted by atomic mass is 32.1. The van der Waals surface area contributed by atoms with Crippen LogP contribution in [0.15, 0.2) is 41.8 Å². The lowest BCUT2D eigenvalue weighted by Gasteiger charge is -2.37. The zero-order valence-electron chi connectivity index (χ0n) is 13.7. The van der Waals surface area contributed by atoms with Gasteiger partial charge in [-0.25, -0.2) is 0 Å². The standard InChI is InChI=1S/C20H19NO3S/c22-15-10-20(24-16-6-2-1-5-13(15)16)8-7-14-17(18(14)20)19(23)21-11-12-4-3-9-25-12/h1-6,9,14,17-18H,7-8,10-11H2,(H,21,23)/t14-,17-,18-,20+/m1/s1. The molecule has 2 heterocycles.